The van der Waals surface area contributed by atoms with E-state index in [1.54, 1.807) is 11.8 Å². The Morgan fingerprint density at radius 1 is 1.50 bits per heavy atom. The molecule has 0 saturated carbocycles. The molecule has 1 aromatic carbocycles. The zero-order valence-corrected chi connectivity index (χ0v) is 14.8. The normalized spacial score (nSPS) is 14.1. The first-order chi connectivity index (χ1) is 9.37. The molecule has 0 aliphatic carbocycles. The number of nitrogens with one attached hydrogen (secondary N) is 1. The lowest BCUT2D eigenvalue weighted by Crippen LogP contribution is -2.55. The van der Waals surface area contributed by atoms with Crippen molar-refractivity contribution in [2.75, 3.05) is 12.4 Å². The van der Waals surface area contributed by atoms with Gasteiger partial charge in [0.05, 0.1) is 6.61 Å². The van der Waals surface area contributed by atoms with Crippen LogP contribution in [0.2, 0.25) is 0 Å². The predicted molar refractivity (Wildman–Crippen MR) is 88.2 cm³/mol. The van der Waals surface area contributed by atoms with Crippen LogP contribution in [0, 0.1) is 0 Å². The minimum atomic E-state index is -0.683. The average Bonchev–Trinajstić information content (AvgIpc) is 2.36. The lowest BCUT2D eigenvalue weighted by atomic mass is 10.0. The Labute approximate surface area is 134 Å². The summed E-state index contributed by atoms with van der Waals surface area (Å²) >= 11 is 5.10. The molecule has 0 spiro atoms. The number of hydrogen-bond acceptors (Lipinski definition) is 4. The van der Waals surface area contributed by atoms with Gasteiger partial charge in [0.1, 0.15) is 5.54 Å². The van der Waals surface area contributed by atoms with Gasteiger partial charge in [-0.3, -0.25) is 10.1 Å². The molecule has 5 heteroatoms. The van der Waals surface area contributed by atoms with E-state index in [-0.39, 0.29) is 12.0 Å². The second-order valence-corrected chi connectivity index (χ2v) is 7.06. The maximum absolute atomic E-state index is 12.2. The fourth-order valence-corrected chi connectivity index (χ4v) is 3.46. The van der Waals surface area contributed by atoms with Gasteiger partial charge in [0, 0.05) is 21.2 Å². The van der Waals surface area contributed by atoms with E-state index >= 15 is 0 Å². The Kier molecular flexibility index (Phi) is 7.06. The van der Waals surface area contributed by atoms with E-state index in [4.69, 9.17) is 4.74 Å². The number of halogens is 1. The van der Waals surface area contributed by atoms with Crippen molar-refractivity contribution in [1.29, 1.82) is 0 Å². The van der Waals surface area contributed by atoms with Crippen LogP contribution < -0.4 is 5.32 Å². The Balaban J connectivity index is 2.76. The number of rotatable bonds is 7. The zero-order valence-electron chi connectivity index (χ0n) is 12.4. The molecular weight excluding hydrogens is 338 g/mol. The number of benzene rings is 1. The molecule has 1 N–H and O–H groups in total. The highest BCUT2D eigenvalue weighted by Gasteiger charge is 2.35. The fourth-order valence-electron chi connectivity index (χ4n) is 1.87. The molecule has 3 nitrogen and oxygen atoms in total. The van der Waals surface area contributed by atoms with Crippen molar-refractivity contribution in [3.8, 4) is 0 Å². The lowest BCUT2D eigenvalue weighted by molar-refractivity contribution is -0.149. The molecule has 1 atom stereocenters. The van der Waals surface area contributed by atoms with E-state index in [0.29, 0.717) is 12.4 Å². The predicted octanol–water partition coefficient (Wildman–Crippen LogP) is 3.86. The van der Waals surface area contributed by atoms with Crippen LogP contribution in [-0.2, 0) is 9.53 Å². The van der Waals surface area contributed by atoms with Gasteiger partial charge in [0.25, 0.3) is 0 Å². The van der Waals surface area contributed by atoms with Gasteiger partial charge in [0.15, 0.2) is 0 Å². The molecule has 0 aliphatic rings. The summed E-state index contributed by atoms with van der Waals surface area (Å²) in [7, 11) is 0. The third kappa shape index (κ3) is 5.46. The molecule has 0 fully saturated rings. The molecule has 0 aliphatic heterocycles. The first kappa shape index (κ1) is 17.5. The first-order valence-electron chi connectivity index (χ1n) is 6.70. The molecule has 112 valence electrons. The van der Waals surface area contributed by atoms with E-state index in [0.717, 1.165) is 9.37 Å². The SMILES string of the molecule is CCOC(=O)C(C)(CSc1cccc(Br)c1)NC(C)C. The van der Waals surface area contributed by atoms with Gasteiger partial charge in [-0.05, 0) is 45.9 Å². The van der Waals surface area contributed by atoms with Crippen molar-refractivity contribution in [1.82, 2.24) is 5.32 Å². The molecule has 0 heterocycles. The van der Waals surface area contributed by atoms with Gasteiger partial charge in [0.2, 0.25) is 0 Å². The standard InChI is InChI=1S/C15H22BrNO2S/c1-5-19-14(18)15(4,17-11(2)3)10-20-13-8-6-7-12(16)9-13/h6-9,11,17H,5,10H2,1-4H3. The second-order valence-electron chi connectivity index (χ2n) is 5.10. The topological polar surface area (TPSA) is 38.3 Å². The van der Waals surface area contributed by atoms with Crippen LogP contribution in [-0.4, -0.2) is 29.9 Å². The Hall–Kier alpha value is -0.520. The van der Waals surface area contributed by atoms with Crippen LogP contribution in [0.15, 0.2) is 33.6 Å². The summed E-state index contributed by atoms with van der Waals surface area (Å²) in [6.07, 6.45) is 0. The molecule has 1 rings (SSSR count). The van der Waals surface area contributed by atoms with Gasteiger partial charge < -0.3 is 4.74 Å². The van der Waals surface area contributed by atoms with Crippen LogP contribution in [0.1, 0.15) is 27.7 Å². The van der Waals surface area contributed by atoms with E-state index in [2.05, 4.69) is 21.2 Å². The van der Waals surface area contributed by atoms with E-state index in [1.165, 1.54) is 0 Å². The van der Waals surface area contributed by atoms with Crippen molar-refractivity contribution < 1.29 is 9.53 Å². The molecule has 0 bridgehead atoms. The summed E-state index contributed by atoms with van der Waals surface area (Å²) in [6.45, 7) is 8.18. The van der Waals surface area contributed by atoms with Crippen LogP contribution >= 0.6 is 27.7 Å². The van der Waals surface area contributed by atoms with E-state index in [9.17, 15) is 4.79 Å². The third-order valence-electron chi connectivity index (χ3n) is 2.66. The van der Waals surface area contributed by atoms with Crippen molar-refractivity contribution in [2.45, 2.75) is 44.2 Å². The number of carbonyl (C=O) groups is 1. The Bertz CT molecular complexity index is 453. The first-order valence-corrected chi connectivity index (χ1v) is 8.48. The van der Waals surface area contributed by atoms with Crippen molar-refractivity contribution >= 4 is 33.7 Å². The number of carbonyl (C=O) groups excluding carboxylic acids is 1. The molecule has 0 radical (unpaired) electrons. The summed E-state index contributed by atoms with van der Waals surface area (Å²) < 4.78 is 6.24. The highest BCUT2D eigenvalue weighted by molar-refractivity contribution is 9.10. The number of ether oxygens (including phenoxy) is 1. The largest absolute Gasteiger partial charge is 0.465 e. The number of esters is 1. The van der Waals surface area contributed by atoms with Gasteiger partial charge in [-0.1, -0.05) is 22.0 Å². The molecule has 1 aromatic rings. The average molecular weight is 360 g/mol. The summed E-state index contributed by atoms with van der Waals surface area (Å²) in [5.41, 5.74) is -0.683. The Morgan fingerprint density at radius 3 is 2.75 bits per heavy atom. The quantitative estimate of drug-likeness (QED) is 0.592. The van der Waals surface area contributed by atoms with Gasteiger partial charge in [-0.25, -0.2) is 0 Å². The smallest absolute Gasteiger partial charge is 0.326 e. The maximum Gasteiger partial charge on any atom is 0.326 e. The summed E-state index contributed by atoms with van der Waals surface area (Å²) in [6, 6.07) is 8.28. The van der Waals surface area contributed by atoms with Crippen LogP contribution in [0.5, 0.6) is 0 Å². The molecule has 1 unspecified atom stereocenters. The minimum Gasteiger partial charge on any atom is -0.465 e. The summed E-state index contributed by atoms with van der Waals surface area (Å²) in [5, 5.41) is 3.32. The van der Waals surface area contributed by atoms with Gasteiger partial charge >= 0.3 is 5.97 Å². The van der Waals surface area contributed by atoms with E-state index < -0.39 is 5.54 Å². The fraction of sp³-hybridized carbons (Fsp3) is 0.533. The van der Waals surface area contributed by atoms with Crippen molar-refractivity contribution in [3.05, 3.63) is 28.7 Å². The van der Waals surface area contributed by atoms with Gasteiger partial charge in [-0.15, -0.1) is 11.8 Å². The highest BCUT2D eigenvalue weighted by atomic mass is 79.9. The molecule has 20 heavy (non-hydrogen) atoms. The van der Waals surface area contributed by atoms with Crippen molar-refractivity contribution in [2.24, 2.45) is 0 Å². The lowest BCUT2D eigenvalue weighted by Gasteiger charge is -2.30. The summed E-state index contributed by atoms with van der Waals surface area (Å²) in [5.74, 6) is 0.427. The van der Waals surface area contributed by atoms with Gasteiger partial charge in [-0.2, -0.15) is 0 Å². The minimum absolute atomic E-state index is 0.198. The third-order valence-corrected chi connectivity index (χ3v) is 4.46. The monoisotopic (exact) mass is 359 g/mol. The number of hydrogen-bond donors (Lipinski definition) is 1. The zero-order chi connectivity index (χ0) is 15.2. The highest BCUT2D eigenvalue weighted by Crippen LogP contribution is 2.26. The molecule has 0 amide bonds. The molecular formula is C15H22BrNO2S. The maximum atomic E-state index is 12.2. The van der Waals surface area contributed by atoms with Crippen LogP contribution in [0.3, 0.4) is 0 Å². The van der Waals surface area contributed by atoms with Crippen molar-refractivity contribution in [3.63, 3.8) is 0 Å². The van der Waals surface area contributed by atoms with Crippen LogP contribution in [0.4, 0.5) is 0 Å². The molecule has 0 aromatic heterocycles. The van der Waals surface area contributed by atoms with E-state index in [1.807, 2.05) is 52.0 Å². The number of thioether (sulfide) groups is 1. The Morgan fingerprint density at radius 2 is 2.20 bits per heavy atom. The molecule has 0 saturated heterocycles. The summed E-state index contributed by atoms with van der Waals surface area (Å²) in [4.78, 5) is 13.3. The van der Waals surface area contributed by atoms with Crippen LogP contribution in [0.25, 0.3) is 0 Å². The second kappa shape index (κ2) is 8.05.